The minimum absolute atomic E-state index is 0.222. The summed E-state index contributed by atoms with van der Waals surface area (Å²) < 4.78 is 5.22. The maximum absolute atomic E-state index is 10.7. The molecule has 1 aromatic carbocycles. The number of oxazole rings is 1. The smallest absolute Gasteiger partial charge is 0.335 e. The first-order valence-electron chi connectivity index (χ1n) is 4.12. The third-order valence-corrected chi connectivity index (χ3v) is 2.24. The number of benzene rings is 1. The number of nitrogens with zero attached hydrogens (tertiary/aromatic N) is 1. The first-order valence-corrected chi connectivity index (χ1v) is 4.91. The molecule has 5 heteroatoms. The van der Waals surface area contributed by atoms with Crippen molar-refractivity contribution in [2.45, 2.75) is 0 Å². The predicted molar refractivity (Wildman–Crippen MR) is 56.6 cm³/mol. The molecule has 0 fully saturated rings. The predicted octanol–water partition coefficient (Wildman–Crippen LogP) is 2.80. The Bertz CT molecular complexity index is 507. The van der Waals surface area contributed by atoms with Crippen LogP contribution in [-0.4, -0.2) is 16.1 Å². The highest BCUT2D eigenvalue weighted by Crippen LogP contribution is 2.23. The van der Waals surface area contributed by atoms with E-state index in [0.29, 0.717) is 16.1 Å². The summed E-state index contributed by atoms with van der Waals surface area (Å²) in [6.07, 6.45) is 1.53. The summed E-state index contributed by atoms with van der Waals surface area (Å²) in [6.45, 7) is 0. The van der Waals surface area contributed by atoms with E-state index in [9.17, 15) is 4.79 Å². The molecule has 4 nitrogen and oxygen atoms in total. The van der Waals surface area contributed by atoms with E-state index in [1.807, 2.05) is 0 Å². The van der Waals surface area contributed by atoms with E-state index in [-0.39, 0.29) is 5.56 Å². The minimum Gasteiger partial charge on any atom is -0.478 e. The summed E-state index contributed by atoms with van der Waals surface area (Å²) in [5.41, 5.74) is 0.910. The van der Waals surface area contributed by atoms with Crippen LogP contribution in [-0.2, 0) is 0 Å². The molecule has 2 aromatic rings. The molecule has 1 aromatic heterocycles. The normalized spacial score (nSPS) is 10.2. The zero-order valence-electron chi connectivity index (χ0n) is 7.48. The Kier molecular flexibility index (Phi) is 2.55. The van der Waals surface area contributed by atoms with Crippen LogP contribution in [0.3, 0.4) is 0 Å². The van der Waals surface area contributed by atoms with Crippen molar-refractivity contribution in [3.8, 4) is 11.3 Å². The van der Waals surface area contributed by atoms with Crippen LogP contribution in [0.1, 0.15) is 10.4 Å². The van der Waals surface area contributed by atoms with Crippen molar-refractivity contribution in [3.63, 3.8) is 0 Å². The molecule has 76 valence electrons. The molecule has 0 bridgehead atoms. The quantitative estimate of drug-likeness (QED) is 0.909. The molecule has 1 heterocycles. The van der Waals surface area contributed by atoms with Gasteiger partial charge in [-0.1, -0.05) is 12.1 Å². The molecule has 2 rings (SSSR count). The highest BCUT2D eigenvalue weighted by molar-refractivity contribution is 9.10. The van der Waals surface area contributed by atoms with Crippen LogP contribution in [0, 0.1) is 0 Å². The van der Waals surface area contributed by atoms with Crippen molar-refractivity contribution >= 4 is 21.9 Å². The van der Waals surface area contributed by atoms with Crippen molar-refractivity contribution in [3.05, 3.63) is 40.8 Å². The van der Waals surface area contributed by atoms with Crippen LogP contribution in [0.25, 0.3) is 11.3 Å². The molecule has 0 radical (unpaired) electrons. The molecule has 0 saturated carbocycles. The van der Waals surface area contributed by atoms with E-state index in [2.05, 4.69) is 20.9 Å². The molecular weight excluding hydrogens is 262 g/mol. The average molecular weight is 268 g/mol. The van der Waals surface area contributed by atoms with Crippen molar-refractivity contribution < 1.29 is 14.3 Å². The molecule has 0 aliphatic heterocycles. The third-order valence-electron chi connectivity index (χ3n) is 1.87. The lowest BCUT2D eigenvalue weighted by molar-refractivity contribution is 0.0697. The summed E-state index contributed by atoms with van der Waals surface area (Å²) in [5.74, 6) is -0.430. The number of hydrogen-bond donors (Lipinski definition) is 1. The van der Waals surface area contributed by atoms with Crippen LogP contribution in [0.5, 0.6) is 0 Å². The fourth-order valence-corrected chi connectivity index (χ4v) is 1.47. The van der Waals surface area contributed by atoms with Gasteiger partial charge in [0.2, 0.25) is 0 Å². The van der Waals surface area contributed by atoms with Gasteiger partial charge >= 0.3 is 5.97 Å². The van der Waals surface area contributed by atoms with Gasteiger partial charge in [0, 0.05) is 21.5 Å². The number of halogens is 1. The summed E-state index contributed by atoms with van der Waals surface area (Å²) in [7, 11) is 0. The number of carboxylic acid groups (broad SMARTS) is 1. The van der Waals surface area contributed by atoms with Crippen molar-refractivity contribution in [2.75, 3.05) is 0 Å². The minimum atomic E-state index is -0.963. The topological polar surface area (TPSA) is 63.3 Å². The van der Waals surface area contributed by atoms with Gasteiger partial charge in [-0.05, 0) is 12.1 Å². The number of aromatic nitrogens is 1. The summed E-state index contributed by atoms with van der Waals surface area (Å²) >= 11 is 3.08. The van der Waals surface area contributed by atoms with Crippen LogP contribution in [0.4, 0.5) is 0 Å². The zero-order chi connectivity index (χ0) is 10.8. The number of aromatic carboxylic acids is 1. The maximum Gasteiger partial charge on any atom is 0.335 e. The lowest BCUT2D eigenvalue weighted by Crippen LogP contribution is -1.95. The van der Waals surface area contributed by atoms with Gasteiger partial charge in [-0.25, -0.2) is 9.78 Å². The second kappa shape index (κ2) is 3.86. The summed E-state index contributed by atoms with van der Waals surface area (Å²) in [4.78, 5) is 15.0. The monoisotopic (exact) mass is 267 g/mol. The van der Waals surface area contributed by atoms with Gasteiger partial charge < -0.3 is 9.52 Å². The molecular formula is C10H6BrNO3. The maximum atomic E-state index is 10.7. The number of hydrogen-bond acceptors (Lipinski definition) is 3. The Hall–Kier alpha value is -1.62. The first kappa shape index (κ1) is 9.92. The second-order valence-electron chi connectivity index (χ2n) is 2.86. The van der Waals surface area contributed by atoms with E-state index in [0.717, 1.165) is 0 Å². The fourth-order valence-electron chi connectivity index (χ4n) is 1.19. The fraction of sp³-hybridized carbons (Fsp3) is 0. The summed E-state index contributed by atoms with van der Waals surface area (Å²) in [5, 5.41) is 8.81. The van der Waals surface area contributed by atoms with Crippen LogP contribution in [0.2, 0.25) is 0 Å². The molecule has 0 aliphatic carbocycles. The summed E-state index contributed by atoms with van der Waals surface area (Å²) in [6, 6.07) is 6.49. The van der Waals surface area contributed by atoms with E-state index in [1.165, 1.54) is 18.3 Å². The van der Waals surface area contributed by atoms with Crippen molar-refractivity contribution in [2.24, 2.45) is 0 Å². The number of carboxylic acids is 1. The van der Waals surface area contributed by atoms with Gasteiger partial charge in [0.15, 0.2) is 5.76 Å². The van der Waals surface area contributed by atoms with Crippen LogP contribution in [0.15, 0.2) is 39.7 Å². The lowest BCUT2D eigenvalue weighted by Gasteiger charge is -1.97. The molecule has 0 unspecified atom stereocenters. The highest BCUT2D eigenvalue weighted by atomic mass is 79.9. The van der Waals surface area contributed by atoms with Crippen LogP contribution >= 0.6 is 15.9 Å². The largest absolute Gasteiger partial charge is 0.478 e. The highest BCUT2D eigenvalue weighted by Gasteiger charge is 2.07. The van der Waals surface area contributed by atoms with E-state index in [1.54, 1.807) is 12.1 Å². The number of carbonyl (C=O) groups is 1. The van der Waals surface area contributed by atoms with E-state index >= 15 is 0 Å². The van der Waals surface area contributed by atoms with Gasteiger partial charge in [-0.15, -0.1) is 0 Å². The standard InChI is InChI=1S/C10H6BrNO3/c11-10-12-5-8(15-10)6-2-1-3-7(4-6)9(13)14/h1-5H,(H,13,14). The van der Waals surface area contributed by atoms with Crippen molar-refractivity contribution in [1.29, 1.82) is 0 Å². The van der Waals surface area contributed by atoms with E-state index in [4.69, 9.17) is 9.52 Å². The third kappa shape index (κ3) is 2.07. The van der Waals surface area contributed by atoms with Gasteiger partial charge in [-0.2, -0.15) is 0 Å². The van der Waals surface area contributed by atoms with E-state index < -0.39 is 5.97 Å². The molecule has 0 amide bonds. The molecule has 0 spiro atoms. The Morgan fingerprint density at radius 1 is 1.47 bits per heavy atom. The Morgan fingerprint density at radius 2 is 2.27 bits per heavy atom. The second-order valence-corrected chi connectivity index (χ2v) is 3.54. The number of rotatable bonds is 2. The Balaban J connectivity index is 2.45. The average Bonchev–Trinajstić information content (AvgIpc) is 2.65. The molecule has 0 atom stereocenters. The molecule has 1 N–H and O–H groups in total. The first-order chi connectivity index (χ1) is 7.16. The lowest BCUT2D eigenvalue weighted by atomic mass is 10.1. The van der Waals surface area contributed by atoms with Gasteiger partial charge in [0.25, 0.3) is 4.80 Å². The SMILES string of the molecule is O=C(O)c1cccc(-c2cnc(Br)o2)c1. The Morgan fingerprint density at radius 3 is 2.87 bits per heavy atom. The molecule has 0 saturated heterocycles. The van der Waals surface area contributed by atoms with Crippen molar-refractivity contribution in [1.82, 2.24) is 4.98 Å². The molecule has 0 aliphatic rings. The van der Waals surface area contributed by atoms with Gasteiger partial charge in [-0.3, -0.25) is 0 Å². The van der Waals surface area contributed by atoms with Gasteiger partial charge in [0.05, 0.1) is 11.8 Å². The Labute approximate surface area is 93.7 Å². The zero-order valence-corrected chi connectivity index (χ0v) is 9.06. The molecule has 15 heavy (non-hydrogen) atoms. The van der Waals surface area contributed by atoms with Crippen LogP contribution < -0.4 is 0 Å². The van der Waals surface area contributed by atoms with Gasteiger partial charge in [0.1, 0.15) is 0 Å².